The number of carbonyl (C=O) groups excluding carboxylic acids is 1. The van der Waals surface area contributed by atoms with E-state index >= 15 is 0 Å². The number of hydrogen-bond acceptors (Lipinski definition) is 3. The summed E-state index contributed by atoms with van der Waals surface area (Å²) in [5.41, 5.74) is 3.43. The number of nitrogens with zero attached hydrogens (tertiary/aromatic N) is 2. The monoisotopic (exact) mass is 311 g/mol. The molecule has 0 aliphatic carbocycles. The fraction of sp³-hybridized carbons (Fsp3) is 0.368. The van der Waals surface area contributed by atoms with Crippen LogP contribution in [-0.2, 0) is 17.8 Å². The number of nitrogens with one attached hydrogen (secondary N) is 1. The zero-order valence-corrected chi connectivity index (χ0v) is 14.1. The third kappa shape index (κ3) is 5.83. The van der Waals surface area contributed by atoms with Crippen molar-refractivity contribution >= 4 is 5.91 Å². The standard InChI is InChI=1S/C19H25N3O/c1-15-7-9-17(10-8-15)12-16(2)22(3)14-19(23)21-13-18-6-4-5-11-20-18/h4-11,16H,12-14H2,1-3H3,(H,21,23)/t16-/m0/s1. The molecule has 4 nitrogen and oxygen atoms in total. The molecule has 23 heavy (non-hydrogen) atoms. The molecule has 0 bridgehead atoms. The Bertz CT molecular complexity index is 610. The second-order valence-corrected chi connectivity index (χ2v) is 6.05. The van der Waals surface area contributed by atoms with Gasteiger partial charge in [-0.15, -0.1) is 0 Å². The second-order valence-electron chi connectivity index (χ2n) is 6.05. The van der Waals surface area contributed by atoms with Crippen LogP contribution in [0.3, 0.4) is 0 Å². The number of hydrogen-bond donors (Lipinski definition) is 1. The molecule has 1 aromatic heterocycles. The van der Waals surface area contributed by atoms with Crippen molar-refractivity contribution in [2.45, 2.75) is 32.9 Å². The van der Waals surface area contributed by atoms with E-state index in [1.54, 1.807) is 6.20 Å². The van der Waals surface area contributed by atoms with Gasteiger partial charge in [-0.25, -0.2) is 0 Å². The highest BCUT2D eigenvalue weighted by Gasteiger charge is 2.13. The number of benzene rings is 1. The molecule has 0 aliphatic rings. The first-order valence-corrected chi connectivity index (χ1v) is 7.97. The Hall–Kier alpha value is -2.20. The summed E-state index contributed by atoms with van der Waals surface area (Å²) in [6, 6.07) is 14.6. The number of aryl methyl sites for hydroxylation is 1. The molecular weight excluding hydrogens is 286 g/mol. The Morgan fingerprint density at radius 1 is 1.22 bits per heavy atom. The molecule has 0 saturated heterocycles. The van der Waals surface area contributed by atoms with Gasteiger partial charge in [-0.1, -0.05) is 35.9 Å². The highest BCUT2D eigenvalue weighted by atomic mass is 16.2. The van der Waals surface area contributed by atoms with Crippen molar-refractivity contribution in [2.24, 2.45) is 0 Å². The number of pyridine rings is 1. The summed E-state index contributed by atoms with van der Waals surface area (Å²) in [6.07, 6.45) is 2.67. The first-order chi connectivity index (χ1) is 11.0. The van der Waals surface area contributed by atoms with E-state index in [2.05, 4.69) is 53.3 Å². The second kappa shape index (κ2) is 8.44. The fourth-order valence-electron chi connectivity index (χ4n) is 2.35. The van der Waals surface area contributed by atoms with Gasteiger partial charge < -0.3 is 5.32 Å². The summed E-state index contributed by atoms with van der Waals surface area (Å²) in [7, 11) is 1.99. The van der Waals surface area contributed by atoms with Crippen LogP contribution in [0.25, 0.3) is 0 Å². The molecule has 4 heteroatoms. The number of carbonyl (C=O) groups is 1. The van der Waals surface area contributed by atoms with E-state index in [0.29, 0.717) is 19.1 Å². The van der Waals surface area contributed by atoms with Crippen LogP contribution in [0.1, 0.15) is 23.7 Å². The summed E-state index contributed by atoms with van der Waals surface area (Å²) in [5, 5.41) is 2.91. The Morgan fingerprint density at radius 2 is 1.96 bits per heavy atom. The molecule has 2 rings (SSSR count). The van der Waals surface area contributed by atoms with Gasteiger partial charge in [-0.3, -0.25) is 14.7 Å². The van der Waals surface area contributed by atoms with Crippen LogP contribution >= 0.6 is 0 Å². The maximum absolute atomic E-state index is 12.0. The van der Waals surface area contributed by atoms with Crippen LogP contribution in [0.15, 0.2) is 48.7 Å². The highest BCUT2D eigenvalue weighted by Crippen LogP contribution is 2.09. The summed E-state index contributed by atoms with van der Waals surface area (Å²) < 4.78 is 0. The molecule has 0 aliphatic heterocycles. The van der Waals surface area contributed by atoms with Crippen molar-refractivity contribution in [1.82, 2.24) is 15.2 Å². The molecule has 2 aromatic rings. The zero-order valence-electron chi connectivity index (χ0n) is 14.1. The first-order valence-electron chi connectivity index (χ1n) is 7.97. The Kier molecular flexibility index (Phi) is 6.29. The van der Waals surface area contributed by atoms with Crippen LogP contribution in [0.4, 0.5) is 0 Å². The van der Waals surface area contributed by atoms with E-state index < -0.39 is 0 Å². The normalized spacial score (nSPS) is 12.2. The molecule has 0 unspecified atom stereocenters. The maximum atomic E-state index is 12.0. The Balaban J connectivity index is 1.77. The quantitative estimate of drug-likeness (QED) is 0.855. The molecule has 1 heterocycles. The van der Waals surface area contributed by atoms with Gasteiger partial charge in [-0.2, -0.15) is 0 Å². The zero-order chi connectivity index (χ0) is 16.7. The summed E-state index contributed by atoms with van der Waals surface area (Å²) in [6.45, 7) is 5.09. The number of aromatic nitrogens is 1. The van der Waals surface area contributed by atoms with E-state index in [-0.39, 0.29) is 5.91 Å². The molecule has 0 fully saturated rings. The topological polar surface area (TPSA) is 45.2 Å². The molecular formula is C19H25N3O. The van der Waals surface area contributed by atoms with Crippen LogP contribution in [-0.4, -0.2) is 35.4 Å². The number of rotatable bonds is 7. The Morgan fingerprint density at radius 3 is 2.61 bits per heavy atom. The van der Waals surface area contributed by atoms with Crippen LogP contribution in [0.2, 0.25) is 0 Å². The lowest BCUT2D eigenvalue weighted by atomic mass is 10.0. The van der Waals surface area contributed by atoms with E-state index in [4.69, 9.17) is 0 Å². The van der Waals surface area contributed by atoms with E-state index in [1.165, 1.54) is 11.1 Å². The average Bonchev–Trinajstić information content (AvgIpc) is 2.56. The Labute approximate surface area is 138 Å². The minimum absolute atomic E-state index is 0.0221. The number of likely N-dealkylation sites (N-methyl/N-ethyl adjacent to an activating group) is 1. The number of amides is 1. The third-order valence-corrected chi connectivity index (χ3v) is 3.99. The van der Waals surface area contributed by atoms with Gasteiger partial charge in [0.05, 0.1) is 18.8 Å². The van der Waals surface area contributed by atoms with E-state index in [1.807, 2.05) is 25.2 Å². The lowest BCUT2D eigenvalue weighted by Gasteiger charge is -2.24. The summed E-state index contributed by atoms with van der Waals surface area (Å²) in [5.74, 6) is 0.0221. The van der Waals surface area contributed by atoms with Crippen LogP contribution in [0.5, 0.6) is 0 Å². The largest absolute Gasteiger partial charge is 0.349 e. The third-order valence-electron chi connectivity index (χ3n) is 3.99. The average molecular weight is 311 g/mol. The van der Waals surface area contributed by atoms with Crippen molar-refractivity contribution in [1.29, 1.82) is 0 Å². The molecule has 1 amide bonds. The lowest BCUT2D eigenvalue weighted by molar-refractivity contribution is -0.122. The van der Waals surface area contributed by atoms with Gasteiger partial charge >= 0.3 is 0 Å². The maximum Gasteiger partial charge on any atom is 0.234 e. The van der Waals surface area contributed by atoms with E-state index in [0.717, 1.165) is 12.1 Å². The van der Waals surface area contributed by atoms with E-state index in [9.17, 15) is 4.79 Å². The van der Waals surface area contributed by atoms with Crippen molar-refractivity contribution in [3.8, 4) is 0 Å². The highest BCUT2D eigenvalue weighted by molar-refractivity contribution is 5.77. The van der Waals surface area contributed by atoms with Gasteiger partial charge in [0.25, 0.3) is 0 Å². The van der Waals surface area contributed by atoms with Gasteiger partial charge in [0.1, 0.15) is 0 Å². The van der Waals surface area contributed by atoms with Crippen LogP contribution < -0.4 is 5.32 Å². The minimum atomic E-state index is 0.0221. The molecule has 0 saturated carbocycles. The molecule has 1 aromatic carbocycles. The molecule has 1 atom stereocenters. The smallest absolute Gasteiger partial charge is 0.234 e. The SMILES string of the molecule is Cc1ccc(C[C@H](C)N(C)CC(=O)NCc2ccccn2)cc1. The van der Waals surface area contributed by atoms with Gasteiger partial charge in [0.2, 0.25) is 5.91 Å². The van der Waals surface area contributed by atoms with Crippen molar-refractivity contribution in [3.63, 3.8) is 0 Å². The van der Waals surface area contributed by atoms with Crippen molar-refractivity contribution in [3.05, 3.63) is 65.5 Å². The molecule has 0 radical (unpaired) electrons. The van der Waals surface area contributed by atoms with Gasteiger partial charge in [-0.05, 0) is 45.0 Å². The molecule has 0 spiro atoms. The van der Waals surface area contributed by atoms with Crippen LogP contribution in [0, 0.1) is 6.92 Å². The summed E-state index contributed by atoms with van der Waals surface area (Å²) in [4.78, 5) is 18.3. The van der Waals surface area contributed by atoms with Crippen molar-refractivity contribution < 1.29 is 4.79 Å². The van der Waals surface area contributed by atoms with Gasteiger partial charge in [0.15, 0.2) is 0 Å². The van der Waals surface area contributed by atoms with Gasteiger partial charge in [0, 0.05) is 12.2 Å². The first kappa shape index (κ1) is 17.2. The molecule has 1 N–H and O–H groups in total. The lowest BCUT2D eigenvalue weighted by Crippen LogP contribution is -2.40. The predicted molar refractivity (Wildman–Crippen MR) is 93.1 cm³/mol. The predicted octanol–water partition coefficient (Wildman–Crippen LogP) is 2.57. The summed E-state index contributed by atoms with van der Waals surface area (Å²) >= 11 is 0. The molecule has 122 valence electrons. The minimum Gasteiger partial charge on any atom is -0.349 e. The van der Waals surface area contributed by atoms with Crippen molar-refractivity contribution in [2.75, 3.05) is 13.6 Å². The fourth-order valence-corrected chi connectivity index (χ4v) is 2.35.